The molecule has 0 bridgehead atoms. The first kappa shape index (κ1) is 9.77. The van der Waals surface area contributed by atoms with Crippen molar-refractivity contribution in [2.75, 3.05) is 18.5 Å². The minimum Gasteiger partial charge on any atom is -0.508 e. The van der Waals surface area contributed by atoms with E-state index in [0.717, 1.165) is 0 Å². The van der Waals surface area contributed by atoms with Gasteiger partial charge in [0.05, 0.1) is 6.54 Å². The second-order valence-corrected chi connectivity index (χ2v) is 2.79. The van der Waals surface area contributed by atoms with Crippen LogP contribution in [-0.2, 0) is 0 Å². The minimum atomic E-state index is -2.37. The summed E-state index contributed by atoms with van der Waals surface area (Å²) >= 11 is 0. The zero-order valence-corrected chi connectivity index (χ0v) is 7.24. The summed E-state index contributed by atoms with van der Waals surface area (Å²) in [7, 11) is 1.56. The van der Waals surface area contributed by atoms with Crippen molar-refractivity contribution in [3.05, 3.63) is 24.3 Å². The largest absolute Gasteiger partial charge is 0.508 e. The summed E-state index contributed by atoms with van der Waals surface area (Å²) in [5.74, 6) is 0.0821. The molecule has 0 unspecified atom stereocenters. The van der Waals surface area contributed by atoms with E-state index in [4.69, 9.17) is 5.11 Å². The van der Waals surface area contributed by atoms with Gasteiger partial charge in [-0.2, -0.15) is 0 Å². The summed E-state index contributed by atoms with van der Waals surface area (Å²) in [6, 6.07) is 6.23. The van der Waals surface area contributed by atoms with Gasteiger partial charge in [-0.25, -0.2) is 8.78 Å². The lowest BCUT2D eigenvalue weighted by Crippen LogP contribution is -2.23. The van der Waals surface area contributed by atoms with Gasteiger partial charge >= 0.3 is 0 Å². The van der Waals surface area contributed by atoms with E-state index in [-0.39, 0.29) is 12.3 Å². The minimum absolute atomic E-state index is 0.0821. The van der Waals surface area contributed by atoms with Crippen LogP contribution in [0.1, 0.15) is 0 Å². The molecule has 0 atom stereocenters. The van der Waals surface area contributed by atoms with Gasteiger partial charge in [0.25, 0.3) is 6.43 Å². The van der Waals surface area contributed by atoms with E-state index in [1.807, 2.05) is 0 Å². The van der Waals surface area contributed by atoms with E-state index in [9.17, 15) is 8.78 Å². The van der Waals surface area contributed by atoms with Crippen LogP contribution in [0.15, 0.2) is 24.3 Å². The lowest BCUT2D eigenvalue weighted by atomic mass is 10.3. The number of phenolic OH excluding ortho intramolecular Hbond substituents is 1. The molecule has 1 N–H and O–H groups in total. The van der Waals surface area contributed by atoms with Gasteiger partial charge in [0.1, 0.15) is 5.75 Å². The molecule has 2 nitrogen and oxygen atoms in total. The van der Waals surface area contributed by atoms with Crippen LogP contribution in [0.4, 0.5) is 14.5 Å². The van der Waals surface area contributed by atoms with Gasteiger partial charge in [-0.15, -0.1) is 0 Å². The van der Waals surface area contributed by atoms with Crippen molar-refractivity contribution in [2.45, 2.75) is 6.43 Å². The molecule has 0 saturated carbocycles. The molecule has 4 heteroatoms. The Kier molecular flexibility index (Phi) is 3.06. The highest BCUT2D eigenvalue weighted by atomic mass is 19.3. The van der Waals surface area contributed by atoms with Gasteiger partial charge in [-0.3, -0.25) is 0 Å². The first-order valence-corrected chi connectivity index (χ1v) is 3.88. The van der Waals surface area contributed by atoms with Gasteiger partial charge in [0.2, 0.25) is 0 Å². The van der Waals surface area contributed by atoms with E-state index < -0.39 is 6.43 Å². The number of phenols is 1. The highest BCUT2D eigenvalue weighted by Gasteiger charge is 2.08. The molecule has 0 aliphatic heterocycles. The van der Waals surface area contributed by atoms with Gasteiger partial charge < -0.3 is 10.0 Å². The fourth-order valence-corrected chi connectivity index (χ4v) is 1.04. The predicted octanol–water partition coefficient (Wildman–Crippen LogP) is 2.09. The normalized spacial score (nSPS) is 10.5. The topological polar surface area (TPSA) is 23.5 Å². The molecule has 0 aromatic heterocycles. The fourth-order valence-electron chi connectivity index (χ4n) is 1.04. The van der Waals surface area contributed by atoms with E-state index in [1.54, 1.807) is 19.2 Å². The van der Waals surface area contributed by atoms with Crippen molar-refractivity contribution in [3.8, 4) is 5.75 Å². The Morgan fingerprint density at radius 2 is 2.15 bits per heavy atom. The summed E-state index contributed by atoms with van der Waals surface area (Å²) < 4.78 is 23.9. The predicted molar refractivity (Wildman–Crippen MR) is 47.4 cm³/mol. The molecule has 72 valence electrons. The van der Waals surface area contributed by atoms with E-state index in [2.05, 4.69) is 0 Å². The smallest absolute Gasteiger partial charge is 0.255 e. The molecule has 0 heterocycles. The summed E-state index contributed by atoms with van der Waals surface area (Å²) in [4.78, 5) is 1.39. The average molecular weight is 187 g/mol. The second kappa shape index (κ2) is 4.07. The Balaban J connectivity index is 2.71. The third-order valence-electron chi connectivity index (χ3n) is 1.68. The zero-order chi connectivity index (χ0) is 9.84. The van der Waals surface area contributed by atoms with Crippen LogP contribution in [0.2, 0.25) is 0 Å². The SMILES string of the molecule is CN(CC(F)F)c1cccc(O)c1. The molecular formula is C9H11F2NO. The summed E-state index contributed by atoms with van der Waals surface area (Å²) in [5.41, 5.74) is 0.584. The number of rotatable bonds is 3. The molecule has 0 radical (unpaired) electrons. The molecule has 0 aliphatic carbocycles. The molecule has 0 spiro atoms. The van der Waals surface area contributed by atoms with Gasteiger partial charge in [0, 0.05) is 18.8 Å². The molecule has 13 heavy (non-hydrogen) atoms. The van der Waals surface area contributed by atoms with Crippen LogP contribution >= 0.6 is 0 Å². The maximum Gasteiger partial charge on any atom is 0.255 e. The number of halogens is 2. The first-order chi connectivity index (χ1) is 6.09. The maximum absolute atomic E-state index is 12.0. The van der Waals surface area contributed by atoms with E-state index in [1.165, 1.54) is 17.0 Å². The summed E-state index contributed by atoms with van der Waals surface area (Å²) in [6.45, 7) is -0.330. The molecule has 0 saturated heterocycles. The van der Waals surface area contributed by atoms with Crippen LogP contribution in [0.25, 0.3) is 0 Å². The summed E-state index contributed by atoms with van der Waals surface area (Å²) in [5, 5.41) is 9.08. The number of nitrogens with zero attached hydrogens (tertiary/aromatic N) is 1. The van der Waals surface area contributed by atoms with Gasteiger partial charge in [0.15, 0.2) is 0 Å². The van der Waals surface area contributed by atoms with Crippen LogP contribution in [-0.4, -0.2) is 25.1 Å². The molecule has 0 aliphatic rings. The highest BCUT2D eigenvalue weighted by Crippen LogP contribution is 2.19. The zero-order valence-electron chi connectivity index (χ0n) is 7.24. The van der Waals surface area contributed by atoms with Gasteiger partial charge in [-0.05, 0) is 12.1 Å². The van der Waals surface area contributed by atoms with Crippen LogP contribution in [0.3, 0.4) is 0 Å². The lowest BCUT2D eigenvalue weighted by Gasteiger charge is -2.18. The molecular weight excluding hydrogens is 176 g/mol. The van der Waals surface area contributed by atoms with Crippen LogP contribution in [0, 0.1) is 0 Å². The lowest BCUT2D eigenvalue weighted by molar-refractivity contribution is 0.156. The second-order valence-electron chi connectivity index (χ2n) is 2.79. The van der Waals surface area contributed by atoms with Crippen molar-refractivity contribution >= 4 is 5.69 Å². The van der Waals surface area contributed by atoms with E-state index in [0.29, 0.717) is 5.69 Å². The van der Waals surface area contributed by atoms with E-state index >= 15 is 0 Å². The Labute approximate surface area is 75.4 Å². The Morgan fingerprint density at radius 3 is 2.69 bits per heavy atom. The molecule has 1 rings (SSSR count). The number of benzene rings is 1. The number of aromatic hydroxyl groups is 1. The van der Waals surface area contributed by atoms with Crippen molar-refractivity contribution in [1.82, 2.24) is 0 Å². The summed E-state index contributed by atoms with van der Waals surface area (Å²) in [6.07, 6.45) is -2.37. The van der Waals surface area contributed by atoms with Crippen molar-refractivity contribution in [3.63, 3.8) is 0 Å². The number of hydrogen-bond donors (Lipinski definition) is 1. The van der Waals surface area contributed by atoms with Crippen LogP contribution in [0.5, 0.6) is 5.75 Å². The molecule has 0 fully saturated rings. The molecule has 1 aromatic rings. The number of anilines is 1. The maximum atomic E-state index is 12.0. The average Bonchev–Trinajstić information content (AvgIpc) is 2.03. The highest BCUT2D eigenvalue weighted by molar-refractivity contribution is 5.49. The van der Waals surface area contributed by atoms with Crippen molar-refractivity contribution in [2.24, 2.45) is 0 Å². The monoisotopic (exact) mass is 187 g/mol. The molecule has 0 amide bonds. The quantitative estimate of drug-likeness (QED) is 0.783. The van der Waals surface area contributed by atoms with Crippen molar-refractivity contribution < 1.29 is 13.9 Å². The van der Waals surface area contributed by atoms with Crippen LogP contribution < -0.4 is 4.90 Å². The Morgan fingerprint density at radius 1 is 1.46 bits per heavy atom. The third kappa shape index (κ3) is 2.89. The fraction of sp³-hybridized carbons (Fsp3) is 0.333. The Hall–Kier alpha value is -1.32. The third-order valence-corrected chi connectivity index (χ3v) is 1.68. The first-order valence-electron chi connectivity index (χ1n) is 3.88. The van der Waals surface area contributed by atoms with Gasteiger partial charge in [-0.1, -0.05) is 6.07 Å². The standard InChI is InChI=1S/C9H11F2NO/c1-12(6-9(10)11)7-3-2-4-8(13)5-7/h2-5,9,13H,6H2,1H3. The number of alkyl halides is 2. The number of hydrogen-bond acceptors (Lipinski definition) is 2. The Bertz CT molecular complexity index is 278. The van der Waals surface area contributed by atoms with Crippen molar-refractivity contribution in [1.29, 1.82) is 0 Å². The molecule has 1 aromatic carbocycles.